The van der Waals surface area contributed by atoms with Gasteiger partial charge in [-0.25, -0.2) is 4.79 Å². The summed E-state index contributed by atoms with van der Waals surface area (Å²) in [6.07, 6.45) is 0. The highest BCUT2D eigenvalue weighted by molar-refractivity contribution is 5.71. The van der Waals surface area contributed by atoms with Crippen molar-refractivity contribution in [2.45, 2.75) is 19.6 Å². The molecule has 2 aromatic carbocycles. The largest absolute Gasteiger partial charge is 0.489 e. The molecule has 5 nitrogen and oxygen atoms in total. The number of hydroxylamine groups is 2. The number of nitrogens with two attached hydrogens (primary N) is 1. The number of hydrogen-bond acceptors (Lipinski definition) is 3. The van der Waals surface area contributed by atoms with Crippen molar-refractivity contribution in [3.8, 4) is 5.75 Å². The lowest BCUT2D eigenvalue weighted by Crippen LogP contribution is -2.34. The number of primary amides is 1. The third-order valence-corrected chi connectivity index (χ3v) is 3.20. The van der Waals surface area contributed by atoms with Gasteiger partial charge in [0.05, 0.1) is 6.04 Å². The van der Waals surface area contributed by atoms with Crippen molar-refractivity contribution >= 4 is 6.03 Å². The fourth-order valence-electron chi connectivity index (χ4n) is 1.92. The quantitative estimate of drug-likeness (QED) is 0.655. The molecule has 0 heterocycles. The van der Waals surface area contributed by atoms with Gasteiger partial charge in [-0.15, -0.1) is 0 Å². The first-order valence-corrected chi connectivity index (χ1v) is 6.62. The topological polar surface area (TPSA) is 75.8 Å². The first-order valence-electron chi connectivity index (χ1n) is 6.62. The van der Waals surface area contributed by atoms with E-state index >= 15 is 0 Å². The van der Waals surface area contributed by atoms with Crippen LogP contribution in [0.1, 0.15) is 24.1 Å². The van der Waals surface area contributed by atoms with Crippen LogP contribution < -0.4 is 10.5 Å². The zero-order valence-electron chi connectivity index (χ0n) is 11.8. The van der Waals surface area contributed by atoms with Crippen molar-refractivity contribution in [2.24, 2.45) is 5.73 Å². The lowest BCUT2D eigenvalue weighted by molar-refractivity contribution is -0.0710. The SMILES string of the molecule is C[C@@H](c1ccc(OCc2ccccc2)cc1)N(O)C(N)=O. The van der Waals surface area contributed by atoms with Gasteiger partial charge in [0.1, 0.15) is 12.4 Å². The first kappa shape index (κ1) is 14.9. The summed E-state index contributed by atoms with van der Waals surface area (Å²) in [6.45, 7) is 2.17. The lowest BCUT2D eigenvalue weighted by atomic mass is 10.1. The Morgan fingerprint density at radius 2 is 1.81 bits per heavy atom. The van der Waals surface area contributed by atoms with Gasteiger partial charge < -0.3 is 10.5 Å². The molecule has 0 radical (unpaired) electrons. The molecule has 3 N–H and O–H groups in total. The van der Waals surface area contributed by atoms with Crippen LogP contribution in [0.25, 0.3) is 0 Å². The minimum Gasteiger partial charge on any atom is -0.489 e. The molecular weight excluding hydrogens is 268 g/mol. The molecule has 2 rings (SSSR count). The molecule has 1 atom stereocenters. The normalized spacial score (nSPS) is 11.7. The van der Waals surface area contributed by atoms with Crippen LogP contribution >= 0.6 is 0 Å². The molecule has 0 aliphatic rings. The standard InChI is InChI=1S/C16H18N2O3/c1-12(18(20)16(17)19)14-7-9-15(10-8-14)21-11-13-5-3-2-4-6-13/h2-10,12,20H,11H2,1H3,(H2,17,19)/t12-/m0/s1. The molecule has 0 unspecified atom stereocenters. The van der Waals surface area contributed by atoms with Crippen LogP contribution in [-0.4, -0.2) is 16.3 Å². The Bertz CT molecular complexity index is 584. The van der Waals surface area contributed by atoms with Crippen LogP contribution in [-0.2, 0) is 6.61 Å². The second-order valence-electron chi connectivity index (χ2n) is 4.70. The van der Waals surface area contributed by atoms with Crippen LogP contribution in [0.2, 0.25) is 0 Å². The smallest absolute Gasteiger partial charge is 0.339 e. The molecule has 0 spiro atoms. The summed E-state index contributed by atoms with van der Waals surface area (Å²) >= 11 is 0. The van der Waals surface area contributed by atoms with Crippen LogP contribution in [0.15, 0.2) is 54.6 Å². The van der Waals surface area contributed by atoms with Gasteiger partial charge in [0.15, 0.2) is 0 Å². The van der Waals surface area contributed by atoms with Crippen LogP contribution in [0.4, 0.5) is 4.79 Å². The van der Waals surface area contributed by atoms with Crippen LogP contribution in [0, 0.1) is 0 Å². The summed E-state index contributed by atoms with van der Waals surface area (Å²) < 4.78 is 5.67. The monoisotopic (exact) mass is 286 g/mol. The van der Waals surface area contributed by atoms with Gasteiger partial charge in [-0.3, -0.25) is 5.21 Å². The average Bonchev–Trinajstić information content (AvgIpc) is 2.53. The minimum absolute atomic E-state index is 0.489. The van der Waals surface area contributed by atoms with Crippen molar-refractivity contribution in [3.05, 3.63) is 65.7 Å². The summed E-state index contributed by atoms with van der Waals surface area (Å²) in [7, 11) is 0. The van der Waals surface area contributed by atoms with Gasteiger partial charge in [-0.05, 0) is 30.2 Å². The van der Waals surface area contributed by atoms with Gasteiger partial charge in [-0.1, -0.05) is 42.5 Å². The van der Waals surface area contributed by atoms with E-state index in [-0.39, 0.29) is 0 Å². The van der Waals surface area contributed by atoms with Crippen molar-refractivity contribution < 1.29 is 14.7 Å². The number of rotatable bonds is 5. The average molecular weight is 286 g/mol. The molecule has 0 saturated heterocycles. The summed E-state index contributed by atoms with van der Waals surface area (Å²) in [4.78, 5) is 10.9. The fourth-order valence-corrected chi connectivity index (χ4v) is 1.92. The Hall–Kier alpha value is -2.53. The Morgan fingerprint density at radius 1 is 1.19 bits per heavy atom. The molecule has 0 fully saturated rings. The molecule has 2 aromatic rings. The Balaban J connectivity index is 1.97. The van der Waals surface area contributed by atoms with Crippen molar-refractivity contribution in [3.63, 3.8) is 0 Å². The number of benzene rings is 2. The molecular formula is C16H18N2O3. The van der Waals surface area contributed by atoms with E-state index in [1.165, 1.54) is 0 Å². The number of ether oxygens (including phenoxy) is 1. The molecule has 0 bridgehead atoms. The lowest BCUT2D eigenvalue weighted by Gasteiger charge is -2.20. The van der Waals surface area contributed by atoms with Gasteiger partial charge in [0, 0.05) is 0 Å². The molecule has 0 aliphatic heterocycles. The molecule has 0 aliphatic carbocycles. The second-order valence-corrected chi connectivity index (χ2v) is 4.70. The number of carbonyl (C=O) groups is 1. The van der Waals surface area contributed by atoms with E-state index in [1.54, 1.807) is 31.2 Å². The van der Waals surface area contributed by atoms with E-state index < -0.39 is 12.1 Å². The fraction of sp³-hybridized carbons (Fsp3) is 0.188. The molecule has 21 heavy (non-hydrogen) atoms. The molecule has 0 aromatic heterocycles. The van der Waals surface area contributed by atoms with Gasteiger partial charge in [0.25, 0.3) is 0 Å². The Morgan fingerprint density at radius 3 is 2.38 bits per heavy atom. The Labute approximate surface area is 123 Å². The molecule has 0 saturated carbocycles. The maximum Gasteiger partial charge on any atom is 0.339 e. The van der Waals surface area contributed by atoms with E-state index in [2.05, 4.69) is 0 Å². The van der Waals surface area contributed by atoms with E-state index in [4.69, 9.17) is 10.5 Å². The zero-order valence-corrected chi connectivity index (χ0v) is 11.8. The van der Waals surface area contributed by atoms with E-state index in [1.807, 2.05) is 30.3 Å². The summed E-state index contributed by atoms with van der Waals surface area (Å²) in [5, 5.41) is 10.00. The van der Waals surface area contributed by atoms with Gasteiger partial charge in [0.2, 0.25) is 0 Å². The van der Waals surface area contributed by atoms with E-state index in [9.17, 15) is 10.0 Å². The highest BCUT2D eigenvalue weighted by atomic mass is 16.5. The minimum atomic E-state index is -0.882. The van der Waals surface area contributed by atoms with E-state index in [0.717, 1.165) is 16.9 Å². The summed E-state index contributed by atoms with van der Waals surface area (Å²) in [5.41, 5.74) is 6.88. The van der Waals surface area contributed by atoms with Crippen molar-refractivity contribution in [1.82, 2.24) is 5.06 Å². The number of nitrogens with zero attached hydrogens (tertiary/aromatic N) is 1. The van der Waals surface area contributed by atoms with Gasteiger partial charge >= 0.3 is 6.03 Å². The van der Waals surface area contributed by atoms with Crippen molar-refractivity contribution in [2.75, 3.05) is 0 Å². The van der Waals surface area contributed by atoms with Gasteiger partial charge in [-0.2, -0.15) is 5.06 Å². The highest BCUT2D eigenvalue weighted by Gasteiger charge is 2.16. The maximum atomic E-state index is 10.9. The third kappa shape index (κ3) is 3.97. The molecule has 5 heteroatoms. The summed E-state index contributed by atoms with van der Waals surface area (Å²) in [6, 6.07) is 15.6. The first-order chi connectivity index (χ1) is 10.1. The summed E-state index contributed by atoms with van der Waals surface area (Å²) in [5.74, 6) is 0.721. The maximum absolute atomic E-state index is 10.9. The van der Waals surface area contributed by atoms with Crippen LogP contribution in [0.3, 0.4) is 0 Å². The van der Waals surface area contributed by atoms with E-state index in [0.29, 0.717) is 11.7 Å². The predicted octanol–water partition coefficient (Wildman–Crippen LogP) is 3.10. The number of carbonyl (C=O) groups excluding carboxylic acids is 1. The van der Waals surface area contributed by atoms with Crippen molar-refractivity contribution in [1.29, 1.82) is 0 Å². The Kier molecular flexibility index (Phi) is 4.79. The number of amides is 2. The highest BCUT2D eigenvalue weighted by Crippen LogP contribution is 2.21. The predicted molar refractivity (Wildman–Crippen MR) is 78.8 cm³/mol. The second kappa shape index (κ2) is 6.76. The zero-order chi connectivity index (χ0) is 15.2. The third-order valence-electron chi connectivity index (χ3n) is 3.20. The molecule has 110 valence electrons. The number of urea groups is 1. The van der Waals surface area contributed by atoms with Crippen LogP contribution in [0.5, 0.6) is 5.75 Å². The number of hydrogen-bond donors (Lipinski definition) is 2. The molecule has 2 amide bonds.